The van der Waals surface area contributed by atoms with Crippen LogP contribution in [0, 0.1) is 12.7 Å². The molecule has 2 heterocycles. The number of hydrogen-bond donors (Lipinski definition) is 2. The fourth-order valence-corrected chi connectivity index (χ4v) is 7.41. The van der Waals surface area contributed by atoms with E-state index in [0.717, 1.165) is 45.3 Å². The Morgan fingerprint density at radius 1 is 1.13 bits per heavy atom. The highest BCUT2D eigenvalue weighted by Crippen LogP contribution is 2.42. The number of halogens is 1. The summed E-state index contributed by atoms with van der Waals surface area (Å²) in [5.74, 6) is 1.81. The van der Waals surface area contributed by atoms with E-state index >= 15 is 0 Å². The summed E-state index contributed by atoms with van der Waals surface area (Å²) in [7, 11) is 5.83. The number of nitrogens with one attached hydrogen (secondary N) is 2. The summed E-state index contributed by atoms with van der Waals surface area (Å²) in [6.07, 6.45) is 3.34. The number of hydrogen-bond acceptors (Lipinski definition) is 4. The van der Waals surface area contributed by atoms with E-state index in [1.807, 2.05) is 50.3 Å². The van der Waals surface area contributed by atoms with Crippen LogP contribution < -0.4 is 20.8 Å². The lowest BCUT2D eigenvalue weighted by molar-refractivity contribution is 0.0954. The van der Waals surface area contributed by atoms with Crippen molar-refractivity contribution in [2.45, 2.75) is 20.3 Å². The zero-order valence-electron chi connectivity index (χ0n) is 23.5. The van der Waals surface area contributed by atoms with Crippen molar-refractivity contribution in [3.63, 3.8) is 0 Å². The summed E-state index contributed by atoms with van der Waals surface area (Å²) in [4.78, 5) is 24.6. The van der Waals surface area contributed by atoms with E-state index in [1.165, 1.54) is 17.4 Å². The van der Waals surface area contributed by atoms with Crippen LogP contribution in [0.5, 0.6) is 0 Å². The van der Waals surface area contributed by atoms with Crippen LogP contribution in [0.1, 0.15) is 28.5 Å². The zero-order chi connectivity index (χ0) is 28.2. The van der Waals surface area contributed by atoms with Gasteiger partial charge in [-0.25, -0.2) is 4.39 Å². The average molecular weight is 546 g/mol. The van der Waals surface area contributed by atoms with E-state index < -0.39 is 6.89 Å². The Balaban J connectivity index is 1.64. The second-order valence-electron chi connectivity index (χ2n) is 10.1. The Hall–Kier alpha value is -3.54. The molecule has 4 aromatic rings. The molecule has 1 unspecified atom stereocenters. The molecule has 0 saturated carbocycles. The fourth-order valence-electron chi connectivity index (χ4n) is 4.86. The molecule has 4 rings (SSSR count). The molecule has 0 aliphatic rings. The van der Waals surface area contributed by atoms with Crippen molar-refractivity contribution >= 4 is 40.6 Å². The van der Waals surface area contributed by atoms with Crippen LogP contribution in [-0.2, 0) is 6.42 Å². The first-order valence-electron chi connectivity index (χ1n) is 13.1. The number of amides is 1. The minimum Gasteiger partial charge on any atom is -0.376 e. The predicted octanol–water partition coefficient (Wildman–Crippen LogP) is 5.05. The van der Waals surface area contributed by atoms with Crippen molar-refractivity contribution in [2.75, 3.05) is 45.4 Å². The van der Waals surface area contributed by atoms with Gasteiger partial charge in [0.1, 0.15) is 5.82 Å². The first kappa shape index (κ1) is 28.5. The van der Waals surface area contributed by atoms with Gasteiger partial charge in [-0.2, -0.15) is 0 Å². The topological polar surface area (TPSA) is 70.2 Å². The van der Waals surface area contributed by atoms with E-state index in [-0.39, 0.29) is 11.7 Å². The van der Waals surface area contributed by atoms with Crippen molar-refractivity contribution in [3.8, 4) is 11.3 Å². The van der Waals surface area contributed by atoms with Crippen LogP contribution in [0.3, 0.4) is 0 Å². The molecule has 0 bridgehead atoms. The molecule has 0 radical (unpaired) electrons. The Morgan fingerprint density at radius 2 is 1.87 bits per heavy atom. The van der Waals surface area contributed by atoms with Crippen LogP contribution >= 0.6 is 6.89 Å². The van der Waals surface area contributed by atoms with Crippen molar-refractivity contribution in [3.05, 3.63) is 83.4 Å². The summed E-state index contributed by atoms with van der Waals surface area (Å²) in [6.45, 7) is 5.45. The maximum atomic E-state index is 13.7. The molecule has 1 amide bonds. The fraction of sp³-hybridized carbons (Fsp3) is 0.290. The summed E-state index contributed by atoms with van der Waals surface area (Å²) in [5.41, 5.74) is 6.11. The van der Waals surface area contributed by atoms with Crippen LogP contribution in [-0.4, -0.2) is 62.3 Å². The van der Waals surface area contributed by atoms with Gasteiger partial charge in [-0.1, -0.05) is 19.9 Å². The quantitative estimate of drug-likeness (QED) is 0.288. The van der Waals surface area contributed by atoms with Crippen molar-refractivity contribution in [2.24, 2.45) is 0 Å². The highest BCUT2D eigenvalue weighted by molar-refractivity contribution is 7.81. The van der Waals surface area contributed by atoms with Gasteiger partial charge in [-0.15, -0.1) is 0 Å². The number of fused-ring (bicyclic) bond motifs is 1. The monoisotopic (exact) mass is 545 g/mol. The van der Waals surface area contributed by atoms with Crippen LogP contribution in [0.4, 0.5) is 10.1 Å². The zero-order valence-corrected chi connectivity index (χ0v) is 24.4. The van der Waals surface area contributed by atoms with E-state index in [2.05, 4.69) is 48.1 Å². The van der Waals surface area contributed by atoms with Crippen LogP contribution in [0.15, 0.2) is 60.8 Å². The summed E-state index contributed by atoms with van der Waals surface area (Å²) >= 11 is 0. The Labute approximate surface area is 230 Å². The Bertz CT molecular complexity index is 1550. The Morgan fingerprint density at radius 3 is 2.54 bits per heavy atom. The molecule has 0 fully saturated rings. The van der Waals surface area contributed by atoms with Crippen LogP contribution in [0.25, 0.3) is 22.2 Å². The van der Waals surface area contributed by atoms with E-state index in [4.69, 9.17) is 4.98 Å². The summed E-state index contributed by atoms with van der Waals surface area (Å²) < 4.78 is 13.7. The van der Waals surface area contributed by atoms with Crippen molar-refractivity contribution in [1.29, 1.82) is 0 Å². The van der Waals surface area contributed by atoms with Crippen molar-refractivity contribution in [1.82, 2.24) is 20.6 Å². The second-order valence-corrected chi connectivity index (χ2v) is 14.0. The maximum absolute atomic E-state index is 13.7. The number of anilines is 1. The number of rotatable bonds is 9. The largest absolute Gasteiger partial charge is 0.376 e. The minimum absolute atomic E-state index is 0.135. The van der Waals surface area contributed by atoms with Gasteiger partial charge in [0.05, 0.1) is 16.9 Å². The third-order valence-electron chi connectivity index (χ3n) is 7.13. The third-order valence-corrected chi connectivity index (χ3v) is 10.8. The molecule has 204 valence electrons. The average Bonchev–Trinajstić information content (AvgIpc) is 2.93. The van der Waals surface area contributed by atoms with Gasteiger partial charge in [0, 0.05) is 55.5 Å². The summed E-state index contributed by atoms with van der Waals surface area (Å²) in [6, 6.07) is 16.3. The molecule has 0 aliphatic carbocycles. The molecule has 0 aliphatic heterocycles. The van der Waals surface area contributed by atoms with Gasteiger partial charge in [-0.05, 0) is 92.1 Å². The molecule has 6 nitrogen and oxygen atoms in total. The number of benzene rings is 2. The van der Waals surface area contributed by atoms with Gasteiger partial charge in [0.25, 0.3) is 5.91 Å². The second kappa shape index (κ2) is 12.1. The molecule has 0 spiro atoms. The molecule has 2 aromatic heterocycles. The van der Waals surface area contributed by atoms with E-state index in [0.29, 0.717) is 18.5 Å². The first-order valence-corrected chi connectivity index (χ1v) is 15.6. The van der Waals surface area contributed by atoms with E-state index in [1.54, 1.807) is 18.3 Å². The standard InChI is InChI=1S/C31H37FN5OP/c1-7-39(6,20-33-3)28-19-26(36-29(21(28)2)22-10-12-25(32)13-11-22)14-16-35-31(38)24-17-23-9-8-15-34-30(23)27(18-24)37(4)5/h8-13,15,17-20,33H,7,14,16H2,1-6H3,(H,35,38). The highest BCUT2D eigenvalue weighted by Gasteiger charge is 2.20. The third kappa shape index (κ3) is 6.21. The number of pyridine rings is 2. The minimum atomic E-state index is -1.61. The van der Waals surface area contributed by atoms with Crippen LogP contribution in [0.2, 0.25) is 0 Å². The molecule has 39 heavy (non-hydrogen) atoms. The lowest BCUT2D eigenvalue weighted by atomic mass is 10.1. The van der Waals surface area contributed by atoms with Gasteiger partial charge < -0.3 is 10.2 Å². The SMILES string of the molecule is CCP(C)(=CNC)c1cc(CCNC(=O)c2cc(N(C)C)c3ncccc3c2)nc(-c2ccc(F)cc2)c1C. The molecule has 8 heteroatoms. The lowest BCUT2D eigenvalue weighted by Crippen LogP contribution is -2.27. The summed E-state index contributed by atoms with van der Waals surface area (Å²) in [5, 5.41) is 8.53. The van der Waals surface area contributed by atoms with Gasteiger partial charge >= 0.3 is 0 Å². The van der Waals surface area contributed by atoms with Crippen molar-refractivity contribution < 1.29 is 9.18 Å². The van der Waals surface area contributed by atoms with Gasteiger partial charge in [0.15, 0.2) is 0 Å². The number of nitrogens with zero attached hydrogens (tertiary/aromatic N) is 3. The van der Waals surface area contributed by atoms with Gasteiger partial charge in [0.2, 0.25) is 0 Å². The maximum Gasteiger partial charge on any atom is 0.251 e. The molecular weight excluding hydrogens is 508 g/mol. The number of carbonyl (C=O) groups is 1. The normalized spacial score (nSPS) is 12.7. The Kier molecular flexibility index (Phi) is 8.83. The smallest absolute Gasteiger partial charge is 0.251 e. The molecule has 2 aromatic carbocycles. The highest BCUT2D eigenvalue weighted by atomic mass is 31.2. The molecule has 2 N–H and O–H groups in total. The molecule has 0 saturated heterocycles. The molecular formula is C31H37FN5OP. The molecule has 1 atom stereocenters. The lowest BCUT2D eigenvalue weighted by Gasteiger charge is -2.25. The van der Waals surface area contributed by atoms with E-state index in [9.17, 15) is 9.18 Å². The number of carbonyl (C=O) groups excluding carboxylic acids is 1. The number of aromatic nitrogens is 2. The first-order chi connectivity index (χ1) is 18.7. The van der Waals surface area contributed by atoms with Gasteiger partial charge in [-0.3, -0.25) is 20.1 Å². The predicted molar refractivity (Wildman–Crippen MR) is 165 cm³/mol.